The zero-order chi connectivity index (χ0) is 16.4. The predicted octanol–water partition coefficient (Wildman–Crippen LogP) is 2.53. The quantitative estimate of drug-likeness (QED) is 0.693. The van der Waals surface area contributed by atoms with Gasteiger partial charge in [-0.2, -0.15) is 9.50 Å². The van der Waals surface area contributed by atoms with Crippen LogP contribution in [-0.4, -0.2) is 44.4 Å². The number of nitrogens with zero attached hydrogens (tertiary/aromatic N) is 5. The van der Waals surface area contributed by atoms with E-state index in [0.29, 0.717) is 22.9 Å². The number of benzene rings is 1. The van der Waals surface area contributed by atoms with Crippen LogP contribution in [0.2, 0.25) is 0 Å². The van der Waals surface area contributed by atoms with Crippen molar-refractivity contribution < 1.29 is 4.79 Å². The lowest BCUT2D eigenvalue weighted by atomic mass is 10.1. The van der Waals surface area contributed by atoms with Crippen molar-refractivity contribution in [2.24, 2.45) is 0 Å². The van der Waals surface area contributed by atoms with E-state index in [2.05, 4.69) is 15.1 Å². The molecule has 2 heterocycles. The number of carbonyl (C=O) groups excluding carboxylic acids is 1. The summed E-state index contributed by atoms with van der Waals surface area (Å²) in [6.07, 6.45) is 5.26. The SMILES string of the molecule is CC(=O)c1cnc2nc(-c3ccccc3)nn2c1/C=C/N(C)C. The van der Waals surface area contributed by atoms with Gasteiger partial charge in [0.1, 0.15) is 0 Å². The van der Waals surface area contributed by atoms with Crippen LogP contribution in [0.1, 0.15) is 23.0 Å². The average molecular weight is 307 g/mol. The fourth-order valence-electron chi connectivity index (χ4n) is 2.21. The Balaban J connectivity index is 2.21. The van der Waals surface area contributed by atoms with Crippen LogP contribution in [-0.2, 0) is 0 Å². The number of aromatic nitrogens is 4. The lowest BCUT2D eigenvalue weighted by Crippen LogP contribution is -2.07. The molecule has 1 aromatic carbocycles. The Morgan fingerprint density at radius 2 is 1.96 bits per heavy atom. The highest BCUT2D eigenvalue weighted by atomic mass is 16.1. The Kier molecular flexibility index (Phi) is 3.89. The van der Waals surface area contributed by atoms with E-state index in [1.807, 2.05) is 61.6 Å². The number of fused-ring (bicyclic) bond motifs is 1. The Bertz CT molecular complexity index is 881. The molecule has 0 aliphatic heterocycles. The van der Waals surface area contributed by atoms with Gasteiger partial charge in [-0.25, -0.2) is 4.98 Å². The summed E-state index contributed by atoms with van der Waals surface area (Å²) in [5.74, 6) is 0.986. The van der Waals surface area contributed by atoms with Gasteiger partial charge in [-0.05, 0) is 13.0 Å². The lowest BCUT2D eigenvalue weighted by Gasteiger charge is -2.06. The van der Waals surface area contributed by atoms with Gasteiger partial charge in [-0.3, -0.25) is 4.79 Å². The van der Waals surface area contributed by atoms with E-state index in [1.165, 1.54) is 6.92 Å². The van der Waals surface area contributed by atoms with Crippen LogP contribution in [0.3, 0.4) is 0 Å². The number of ketones is 1. The van der Waals surface area contributed by atoms with Gasteiger partial charge < -0.3 is 4.90 Å². The van der Waals surface area contributed by atoms with Crippen LogP contribution in [0.5, 0.6) is 0 Å². The van der Waals surface area contributed by atoms with Crippen molar-refractivity contribution >= 4 is 17.6 Å². The molecule has 0 bridgehead atoms. The van der Waals surface area contributed by atoms with Crippen molar-refractivity contribution in [1.82, 2.24) is 24.5 Å². The maximum atomic E-state index is 11.9. The molecule has 0 aliphatic carbocycles. The van der Waals surface area contributed by atoms with E-state index < -0.39 is 0 Å². The molecule has 0 radical (unpaired) electrons. The first-order valence-electron chi connectivity index (χ1n) is 7.23. The second-order valence-electron chi connectivity index (χ2n) is 5.41. The molecule has 0 atom stereocenters. The molecule has 2 aromatic heterocycles. The molecular weight excluding hydrogens is 290 g/mol. The minimum absolute atomic E-state index is 0.0606. The summed E-state index contributed by atoms with van der Waals surface area (Å²) in [6, 6.07) is 9.69. The van der Waals surface area contributed by atoms with E-state index >= 15 is 0 Å². The van der Waals surface area contributed by atoms with Gasteiger partial charge in [0.05, 0.1) is 11.3 Å². The summed E-state index contributed by atoms with van der Waals surface area (Å²) in [6.45, 7) is 1.52. The fourth-order valence-corrected chi connectivity index (χ4v) is 2.21. The number of carbonyl (C=O) groups is 1. The molecule has 6 heteroatoms. The van der Waals surface area contributed by atoms with Crippen LogP contribution < -0.4 is 0 Å². The third-order valence-corrected chi connectivity index (χ3v) is 3.35. The van der Waals surface area contributed by atoms with E-state index in [4.69, 9.17) is 0 Å². The van der Waals surface area contributed by atoms with Crippen molar-refractivity contribution in [1.29, 1.82) is 0 Å². The minimum Gasteiger partial charge on any atom is -0.383 e. The highest BCUT2D eigenvalue weighted by Crippen LogP contribution is 2.18. The summed E-state index contributed by atoms with van der Waals surface area (Å²) in [5, 5.41) is 4.52. The van der Waals surface area contributed by atoms with Crippen LogP contribution >= 0.6 is 0 Å². The Morgan fingerprint density at radius 1 is 1.22 bits per heavy atom. The molecule has 0 amide bonds. The summed E-state index contributed by atoms with van der Waals surface area (Å²) in [7, 11) is 3.83. The molecule has 0 spiro atoms. The normalized spacial score (nSPS) is 11.3. The zero-order valence-electron chi connectivity index (χ0n) is 13.3. The van der Waals surface area contributed by atoms with Crippen LogP contribution in [0.15, 0.2) is 42.7 Å². The first-order chi connectivity index (χ1) is 11.1. The van der Waals surface area contributed by atoms with Crippen LogP contribution in [0.4, 0.5) is 0 Å². The third kappa shape index (κ3) is 2.96. The molecule has 0 unspecified atom stereocenters. The first-order valence-corrected chi connectivity index (χ1v) is 7.23. The molecule has 0 aliphatic rings. The van der Waals surface area contributed by atoms with Gasteiger partial charge >= 0.3 is 0 Å². The molecule has 0 saturated heterocycles. The van der Waals surface area contributed by atoms with Crippen molar-refractivity contribution in [2.75, 3.05) is 14.1 Å². The second kappa shape index (κ2) is 6.00. The maximum absolute atomic E-state index is 11.9. The van der Waals surface area contributed by atoms with Gasteiger partial charge in [0.15, 0.2) is 11.6 Å². The van der Waals surface area contributed by atoms with Gasteiger partial charge in [0.25, 0.3) is 5.78 Å². The molecule has 6 nitrogen and oxygen atoms in total. The summed E-state index contributed by atoms with van der Waals surface area (Å²) < 4.78 is 1.61. The average Bonchev–Trinajstić information content (AvgIpc) is 2.97. The van der Waals surface area contributed by atoms with Crippen molar-refractivity contribution in [3.8, 4) is 11.4 Å². The van der Waals surface area contributed by atoms with E-state index in [0.717, 1.165) is 5.56 Å². The molecule has 0 N–H and O–H groups in total. The van der Waals surface area contributed by atoms with Gasteiger partial charge in [0.2, 0.25) is 0 Å². The standard InChI is InChI=1S/C17H17N5O/c1-12(23)14-11-18-17-19-16(13-7-5-4-6-8-13)20-22(17)15(14)9-10-21(2)3/h4-11H,1-3H3/b10-9+. The van der Waals surface area contributed by atoms with Gasteiger partial charge in [-0.1, -0.05) is 30.3 Å². The molecule has 116 valence electrons. The minimum atomic E-state index is -0.0606. The molecule has 0 saturated carbocycles. The fraction of sp³-hybridized carbons (Fsp3) is 0.176. The summed E-state index contributed by atoms with van der Waals surface area (Å²) >= 11 is 0. The number of Topliss-reactive ketones (excluding diaryl/α,β-unsaturated/α-hetero) is 1. The Hall–Kier alpha value is -3.02. The smallest absolute Gasteiger partial charge is 0.253 e. The number of hydrogen-bond acceptors (Lipinski definition) is 5. The maximum Gasteiger partial charge on any atom is 0.253 e. The molecular formula is C17H17N5O. The summed E-state index contributed by atoms with van der Waals surface area (Å²) in [4.78, 5) is 22.5. The molecule has 0 fully saturated rings. The van der Waals surface area contributed by atoms with Crippen molar-refractivity contribution in [3.05, 3.63) is 54.0 Å². The largest absolute Gasteiger partial charge is 0.383 e. The van der Waals surface area contributed by atoms with Crippen molar-refractivity contribution in [3.63, 3.8) is 0 Å². The monoisotopic (exact) mass is 307 g/mol. The van der Waals surface area contributed by atoms with Crippen molar-refractivity contribution in [2.45, 2.75) is 6.92 Å². The predicted molar refractivity (Wildman–Crippen MR) is 88.9 cm³/mol. The lowest BCUT2D eigenvalue weighted by molar-refractivity contribution is 0.101. The number of hydrogen-bond donors (Lipinski definition) is 0. The van der Waals surface area contributed by atoms with E-state index in [1.54, 1.807) is 10.7 Å². The topological polar surface area (TPSA) is 63.4 Å². The highest BCUT2D eigenvalue weighted by molar-refractivity contribution is 5.97. The molecule has 3 aromatic rings. The third-order valence-electron chi connectivity index (χ3n) is 3.35. The summed E-state index contributed by atoms with van der Waals surface area (Å²) in [5.41, 5.74) is 2.09. The molecule has 23 heavy (non-hydrogen) atoms. The zero-order valence-corrected chi connectivity index (χ0v) is 13.3. The van der Waals surface area contributed by atoms with Gasteiger partial charge in [-0.15, -0.1) is 5.10 Å². The van der Waals surface area contributed by atoms with Crippen LogP contribution in [0, 0.1) is 0 Å². The van der Waals surface area contributed by atoms with Gasteiger partial charge in [0, 0.05) is 32.1 Å². The van der Waals surface area contributed by atoms with E-state index in [9.17, 15) is 4.79 Å². The highest BCUT2D eigenvalue weighted by Gasteiger charge is 2.14. The van der Waals surface area contributed by atoms with Crippen LogP contribution in [0.25, 0.3) is 23.2 Å². The first kappa shape index (κ1) is 14.9. The van der Waals surface area contributed by atoms with E-state index in [-0.39, 0.29) is 5.78 Å². The molecule has 3 rings (SSSR count). The Morgan fingerprint density at radius 3 is 2.61 bits per heavy atom. The Labute approximate surface area is 134 Å². The second-order valence-corrected chi connectivity index (χ2v) is 5.41. The number of rotatable bonds is 4.